The van der Waals surface area contributed by atoms with Crippen molar-refractivity contribution >= 4 is 22.5 Å². The fourth-order valence-electron chi connectivity index (χ4n) is 2.06. The Morgan fingerprint density at radius 3 is 2.58 bits per heavy atom. The predicted molar refractivity (Wildman–Crippen MR) is 75.9 cm³/mol. The van der Waals surface area contributed by atoms with Gasteiger partial charge in [0.15, 0.2) is 0 Å². The maximum atomic E-state index is 9.24. The highest BCUT2D eigenvalue weighted by Crippen LogP contribution is 2.28. The maximum absolute atomic E-state index is 9.24. The van der Waals surface area contributed by atoms with Crippen molar-refractivity contribution in [2.24, 2.45) is 0 Å². The van der Waals surface area contributed by atoms with Gasteiger partial charge in [-0.25, -0.2) is 0 Å². The summed E-state index contributed by atoms with van der Waals surface area (Å²) in [4.78, 5) is 0. The summed E-state index contributed by atoms with van der Waals surface area (Å²) in [6.45, 7) is 0.0122. The number of aliphatic hydroxyl groups is 1. The Morgan fingerprint density at radius 1 is 1.05 bits per heavy atom. The number of rotatable bonds is 2. The first-order valence-corrected chi connectivity index (χ1v) is 6.27. The molecule has 0 amide bonds. The molecule has 0 saturated carbocycles. The van der Waals surface area contributed by atoms with E-state index in [0.717, 1.165) is 27.6 Å². The summed E-state index contributed by atoms with van der Waals surface area (Å²) >= 11 is 5.90. The molecule has 0 atom stereocenters. The Labute approximate surface area is 115 Å². The van der Waals surface area contributed by atoms with Crippen molar-refractivity contribution in [3.05, 3.63) is 59.2 Å². The molecule has 3 aromatic rings. The van der Waals surface area contributed by atoms with Crippen molar-refractivity contribution in [1.29, 1.82) is 0 Å². The van der Waals surface area contributed by atoms with Gasteiger partial charge in [-0.1, -0.05) is 29.8 Å². The van der Waals surface area contributed by atoms with E-state index in [1.54, 1.807) is 6.20 Å². The number of aromatic nitrogens is 2. The molecule has 0 aliphatic carbocycles. The zero-order valence-electron chi connectivity index (χ0n) is 10.0. The molecule has 0 spiro atoms. The van der Waals surface area contributed by atoms with Crippen LogP contribution in [0.1, 0.15) is 5.56 Å². The minimum Gasteiger partial charge on any atom is -0.392 e. The standard InChI is InChI=1S/C15H11ClN2O/c16-12-4-2-11(3-5-12)14-8-17-18-15-6-1-10(9-19)7-13(14)15/h1-8,19H,9H2. The van der Waals surface area contributed by atoms with Crippen LogP contribution in [0, 0.1) is 0 Å². The number of aliphatic hydroxyl groups excluding tert-OH is 1. The third-order valence-corrected chi connectivity index (χ3v) is 3.29. The molecule has 19 heavy (non-hydrogen) atoms. The van der Waals surface area contributed by atoms with Gasteiger partial charge in [-0.3, -0.25) is 0 Å². The van der Waals surface area contributed by atoms with Crippen molar-refractivity contribution in [2.75, 3.05) is 0 Å². The van der Waals surface area contributed by atoms with Crippen LogP contribution >= 0.6 is 11.6 Å². The average molecular weight is 271 g/mol. The molecule has 2 aromatic carbocycles. The first-order chi connectivity index (χ1) is 9.28. The van der Waals surface area contributed by atoms with Gasteiger partial charge < -0.3 is 5.11 Å². The predicted octanol–water partition coefficient (Wildman–Crippen LogP) is 3.44. The van der Waals surface area contributed by atoms with Gasteiger partial charge in [0.1, 0.15) is 0 Å². The van der Waals surface area contributed by atoms with Gasteiger partial charge in [-0.05, 0) is 35.4 Å². The van der Waals surface area contributed by atoms with Crippen molar-refractivity contribution in [1.82, 2.24) is 10.2 Å². The van der Waals surface area contributed by atoms with E-state index in [0.29, 0.717) is 5.02 Å². The topological polar surface area (TPSA) is 46.0 Å². The van der Waals surface area contributed by atoms with Gasteiger partial charge >= 0.3 is 0 Å². The molecule has 0 radical (unpaired) electrons. The van der Waals surface area contributed by atoms with Crippen molar-refractivity contribution in [3.63, 3.8) is 0 Å². The SMILES string of the molecule is OCc1ccc2nncc(-c3ccc(Cl)cc3)c2c1. The lowest BCUT2D eigenvalue weighted by molar-refractivity contribution is 0.282. The third kappa shape index (κ3) is 2.30. The molecular weight excluding hydrogens is 260 g/mol. The monoisotopic (exact) mass is 270 g/mol. The van der Waals surface area contributed by atoms with Crippen molar-refractivity contribution in [3.8, 4) is 11.1 Å². The van der Waals surface area contributed by atoms with Crippen LogP contribution < -0.4 is 0 Å². The summed E-state index contributed by atoms with van der Waals surface area (Å²) in [5.74, 6) is 0. The summed E-state index contributed by atoms with van der Waals surface area (Å²) in [6.07, 6.45) is 1.73. The minimum atomic E-state index is 0.0122. The second-order valence-electron chi connectivity index (χ2n) is 4.27. The van der Waals surface area contributed by atoms with Crippen LogP contribution in [0.5, 0.6) is 0 Å². The van der Waals surface area contributed by atoms with Crippen LogP contribution in [-0.2, 0) is 6.61 Å². The Bertz CT molecular complexity index is 726. The van der Waals surface area contributed by atoms with Crippen molar-refractivity contribution in [2.45, 2.75) is 6.61 Å². The normalized spacial score (nSPS) is 10.8. The second kappa shape index (κ2) is 4.96. The fourth-order valence-corrected chi connectivity index (χ4v) is 2.19. The van der Waals surface area contributed by atoms with Crippen LogP contribution in [0.15, 0.2) is 48.7 Å². The van der Waals surface area contributed by atoms with Crippen LogP contribution in [0.3, 0.4) is 0 Å². The molecule has 0 aliphatic rings. The van der Waals surface area contributed by atoms with Gasteiger partial charge in [-0.15, -0.1) is 0 Å². The molecule has 0 aliphatic heterocycles. The molecule has 1 heterocycles. The summed E-state index contributed by atoms with van der Waals surface area (Å²) < 4.78 is 0. The molecule has 0 unspecified atom stereocenters. The first kappa shape index (κ1) is 12.1. The fraction of sp³-hybridized carbons (Fsp3) is 0.0667. The molecule has 0 saturated heterocycles. The van der Waals surface area contributed by atoms with E-state index < -0.39 is 0 Å². The molecular formula is C15H11ClN2O. The first-order valence-electron chi connectivity index (χ1n) is 5.89. The minimum absolute atomic E-state index is 0.0122. The highest BCUT2D eigenvalue weighted by Gasteiger charge is 2.06. The maximum Gasteiger partial charge on any atom is 0.0936 e. The largest absolute Gasteiger partial charge is 0.392 e. The van der Waals surface area contributed by atoms with Gasteiger partial charge in [0.05, 0.1) is 18.3 Å². The summed E-state index contributed by atoms with van der Waals surface area (Å²) in [6, 6.07) is 13.2. The summed E-state index contributed by atoms with van der Waals surface area (Å²) in [5.41, 5.74) is 3.68. The lowest BCUT2D eigenvalue weighted by Gasteiger charge is -2.07. The van der Waals surface area contributed by atoms with Gasteiger partial charge in [0.2, 0.25) is 0 Å². The Morgan fingerprint density at radius 2 is 1.84 bits per heavy atom. The van der Waals surface area contributed by atoms with E-state index >= 15 is 0 Å². The Hall–Kier alpha value is -1.97. The van der Waals surface area contributed by atoms with Crippen LogP contribution in [0.4, 0.5) is 0 Å². The summed E-state index contributed by atoms with van der Waals surface area (Å²) in [7, 11) is 0. The quantitative estimate of drug-likeness (QED) is 0.776. The molecule has 1 N–H and O–H groups in total. The third-order valence-electron chi connectivity index (χ3n) is 3.04. The van der Waals surface area contributed by atoms with E-state index in [1.165, 1.54) is 0 Å². The second-order valence-corrected chi connectivity index (χ2v) is 4.71. The smallest absolute Gasteiger partial charge is 0.0936 e. The number of halogens is 1. The molecule has 3 rings (SSSR count). The highest BCUT2D eigenvalue weighted by molar-refractivity contribution is 6.30. The Kier molecular flexibility index (Phi) is 3.15. The number of benzene rings is 2. The van der Waals surface area contributed by atoms with E-state index in [9.17, 15) is 5.11 Å². The van der Waals surface area contributed by atoms with E-state index in [-0.39, 0.29) is 6.61 Å². The lowest BCUT2D eigenvalue weighted by atomic mass is 10.0. The van der Waals surface area contributed by atoms with E-state index in [1.807, 2.05) is 42.5 Å². The van der Waals surface area contributed by atoms with Crippen molar-refractivity contribution < 1.29 is 5.11 Å². The highest BCUT2D eigenvalue weighted by atomic mass is 35.5. The van der Waals surface area contributed by atoms with Gasteiger partial charge in [0, 0.05) is 16.0 Å². The molecule has 94 valence electrons. The molecule has 3 nitrogen and oxygen atoms in total. The molecule has 0 bridgehead atoms. The average Bonchev–Trinajstić information content (AvgIpc) is 2.47. The zero-order chi connectivity index (χ0) is 13.2. The molecule has 1 aromatic heterocycles. The van der Waals surface area contributed by atoms with Crippen LogP contribution in [0.25, 0.3) is 22.0 Å². The lowest BCUT2D eigenvalue weighted by Crippen LogP contribution is -1.90. The number of fused-ring (bicyclic) bond motifs is 1. The summed E-state index contributed by atoms with van der Waals surface area (Å²) in [5, 5.41) is 19.0. The van der Waals surface area contributed by atoms with Crippen LogP contribution in [-0.4, -0.2) is 15.3 Å². The Balaban J connectivity index is 2.25. The van der Waals surface area contributed by atoms with Gasteiger partial charge in [-0.2, -0.15) is 10.2 Å². The zero-order valence-corrected chi connectivity index (χ0v) is 10.8. The number of hydrogen-bond acceptors (Lipinski definition) is 3. The molecule has 0 fully saturated rings. The van der Waals surface area contributed by atoms with Gasteiger partial charge in [0.25, 0.3) is 0 Å². The molecule has 4 heteroatoms. The number of hydrogen-bond donors (Lipinski definition) is 1. The van der Waals surface area contributed by atoms with E-state index in [4.69, 9.17) is 11.6 Å². The van der Waals surface area contributed by atoms with Crippen LogP contribution in [0.2, 0.25) is 5.02 Å². The number of nitrogens with zero attached hydrogens (tertiary/aromatic N) is 2. The van der Waals surface area contributed by atoms with E-state index in [2.05, 4.69) is 10.2 Å².